The van der Waals surface area contributed by atoms with Gasteiger partial charge in [-0.05, 0) is 46.7 Å². The molecule has 0 atom stereocenters. The number of aromatic nitrogens is 4. The lowest BCUT2D eigenvalue weighted by Gasteiger charge is -2.05. The highest BCUT2D eigenvalue weighted by molar-refractivity contribution is 5.99. The number of benzene rings is 3. The van der Waals surface area contributed by atoms with Gasteiger partial charge in [-0.15, -0.1) is 10.2 Å². The van der Waals surface area contributed by atoms with Crippen LogP contribution in [0.2, 0.25) is 0 Å². The van der Waals surface area contributed by atoms with E-state index in [-0.39, 0.29) is 5.95 Å². The molecule has 8 nitrogen and oxygen atoms in total. The average Bonchev–Trinajstić information content (AvgIpc) is 3.30. The van der Waals surface area contributed by atoms with Crippen molar-refractivity contribution in [2.75, 3.05) is 5.43 Å². The maximum absolute atomic E-state index is 4.47. The van der Waals surface area contributed by atoms with Crippen LogP contribution in [0.5, 0.6) is 0 Å². The zero-order chi connectivity index (χ0) is 21.3. The molecule has 1 aromatic heterocycles. The fraction of sp³-hybridized carbons (Fsp3) is 0.130. The van der Waals surface area contributed by atoms with Gasteiger partial charge in [-0.1, -0.05) is 79.1 Å². The quantitative estimate of drug-likeness (QED) is 0.197. The highest BCUT2D eigenvalue weighted by atomic mass is 15.6. The number of azo groups is 1. The summed E-state index contributed by atoms with van der Waals surface area (Å²) in [5, 5.41) is 24.7. The number of rotatable bonds is 7. The SMILES string of the molecule is CCCc1ccc(N/N=C(/N=Nc2nnnn2-c2ccccc2)c2ccccc2)cc1. The average molecular weight is 410 g/mol. The van der Waals surface area contributed by atoms with E-state index in [0.717, 1.165) is 29.8 Å². The van der Waals surface area contributed by atoms with Crippen LogP contribution in [0.1, 0.15) is 24.5 Å². The van der Waals surface area contributed by atoms with Crippen molar-refractivity contribution in [1.82, 2.24) is 20.2 Å². The predicted octanol–water partition coefficient (Wildman–Crippen LogP) is 5.17. The normalized spacial score (nSPS) is 11.7. The van der Waals surface area contributed by atoms with Crippen molar-refractivity contribution in [3.8, 4) is 5.69 Å². The minimum absolute atomic E-state index is 0.263. The molecule has 0 spiro atoms. The Bertz CT molecular complexity index is 1150. The number of hydrogen-bond donors (Lipinski definition) is 1. The van der Waals surface area contributed by atoms with Crippen molar-refractivity contribution in [2.45, 2.75) is 19.8 Å². The van der Waals surface area contributed by atoms with E-state index >= 15 is 0 Å². The van der Waals surface area contributed by atoms with Gasteiger partial charge in [0, 0.05) is 5.56 Å². The van der Waals surface area contributed by atoms with Crippen LogP contribution in [0.3, 0.4) is 0 Å². The minimum atomic E-state index is 0.263. The Balaban J connectivity index is 1.59. The number of aryl methyl sites for hydroxylation is 1. The van der Waals surface area contributed by atoms with Gasteiger partial charge in [-0.25, -0.2) is 0 Å². The fourth-order valence-electron chi connectivity index (χ4n) is 2.96. The van der Waals surface area contributed by atoms with Crippen molar-refractivity contribution < 1.29 is 0 Å². The summed E-state index contributed by atoms with van der Waals surface area (Å²) >= 11 is 0. The van der Waals surface area contributed by atoms with Crippen molar-refractivity contribution in [1.29, 1.82) is 0 Å². The Morgan fingerprint density at radius 2 is 1.61 bits per heavy atom. The molecule has 4 aromatic rings. The molecule has 4 rings (SSSR count). The smallest absolute Gasteiger partial charge is 0.276 e. The van der Waals surface area contributed by atoms with Crippen LogP contribution in [0.15, 0.2) is 100 Å². The van der Waals surface area contributed by atoms with Gasteiger partial charge < -0.3 is 0 Å². The highest BCUT2D eigenvalue weighted by Crippen LogP contribution is 2.16. The first-order valence-electron chi connectivity index (χ1n) is 10.1. The van der Waals surface area contributed by atoms with Crippen LogP contribution in [0.25, 0.3) is 5.69 Å². The van der Waals surface area contributed by atoms with E-state index in [4.69, 9.17) is 0 Å². The molecule has 31 heavy (non-hydrogen) atoms. The molecule has 0 aliphatic heterocycles. The largest absolute Gasteiger partial charge is 0.292 e. The number of nitrogens with zero attached hydrogens (tertiary/aromatic N) is 7. The molecule has 0 saturated heterocycles. The third-order valence-corrected chi connectivity index (χ3v) is 4.50. The van der Waals surface area contributed by atoms with Crippen molar-refractivity contribution >= 4 is 17.5 Å². The molecule has 1 heterocycles. The summed E-state index contributed by atoms with van der Waals surface area (Å²) in [7, 11) is 0. The number of anilines is 1. The van der Waals surface area contributed by atoms with Gasteiger partial charge in [0.1, 0.15) is 0 Å². The minimum Gasteiger partial charge on any atom is -0.276 e. The molecule has 0 fully saturated rings. The third kappa shape index (κ3) is 5.24. The van der Waals surface area contributed by atoms with Crippen LogP contribution in [0.4, 0.5) is 11.6 Å². The number of hydrogen-bond acceptors (Lipinski definition) is 6. The molecule has 1 N–H and O–H groups in total. The first kappa shape index (κ1) is 20.1. The topological polar surface area (TPSA) is 92.7 Å². The van der Waals surface area contributed by atoms with Gasteiger partial charge in [-0.3, -0.25) is 5.43 Å². The molecular weight excluding hydrogens is 388 g/mol. The molecule has 8 heteroatoms. The lowest BCUT2D eigenvalue weighted by Crippen LogP contribution is -2.02. The molecule has 0 aliphatic carbocycles. The molecule has 0 radical (unpaired) electrons. The van der Waals surface area contributed by atoms with Crippen molar-refractivity contribution in [2.24, 2.45) is 15.3 Å². The van der Waals surface area contributed by atoms with Gasteiger partial charge in [0.2, 0.25) is 5.84 Å². The number of hydrazone groups is 1. The Morgan fingerprint density at radius 1 is 0.903 bits per heavy atom. The van der Waals surface area contributed by atoms with E-state index in [0.29, 0.717) is 5.84 Å². The number of para-hydroxylation sites is 1. The Kier molecular flexibility index (Phi) is 6.49. The van der Waals surface area contributed by atoms with E-state index in [1.54, 1.807) is 0 Å². The van der Waals surface area contributed by atoms with Crippen LogP contribution < -0.4 is 5.43 Å². The molecule has 0 saturated carbocycles. The first-order chi connectivity index (χ1) is 15.3. The number of amidine groups is 1. The summed E-state index contributed by atoms with van der Waals surface area (Å²) in [6.45, 7) is 2.17. The Morgan fingerprint density at radius 3 is 2.32 bits per heavy atom. The standard InChI is InChI=1S/C23H22N8/c1-2-9-18-14-16-20(17-15-18)24-25-22(19-10-5-3-6-11-19)26-27-23-28-29-30-31(23)21-12-7-4-8-13-21/h3-8,10-17,24H,2,9H2,1H3/b25-22+,27-26?. The molecule has 0 amide bonds. The van der Waals surface area contributed by atoms with Gasteiger partial charge >= 0.3 is 0 Å². The van der Waals surface area contributed by atoms with E-state index in [2.05, 4.69) is 55.3 Å². The summed E-state index contributed by atoms with van der Waals surface area (Å²) < 4.78 is 1.52. The zero-order valence-corrected chi connectivity index (χ0v) is 17.1. The van der Waals surface area contributed by atoms with Crippen LogP contribution >= 0.6 is 0 Å². The van der Waals surface area contributed by atoms with E-state index in [9.17, 15) is 0 Å². The summed E-state index contributed by atoms with van der Waals surface area (Å²) in [6.07, 6.45) is 2.18. The second-order valence-electron chi connectivity index (χ2n) is 6.79. The van der Waals surface area contributed by atoms with Gasteiger partial charge in [0.25, 0.3) is 5.95 Å². The number of tetrazole rings is 1. The van der Waals surface area contributed by atoms with Gasteiger partial charge in [0.05, 0.1) is 11.4 Å². The molecular formula is C23H22N8. The Labute approximate surface area is 180 Å². The van der Waals surface area contributed by atoms with E-state index in [1.165, 1.54) is 10.2 Å². The lowest BCUT2D eigenvalue weighted by atomic mass is 10.1. The monoisotopic (exact) mass is 410 g/mol. The molecule has 0 unspecified atom stereocenters. The lowest BCUT2D eigenvalue weighted by molar-refractivity contribution is 0.788. The van der Waals surface area contributed by atoms with Gasteiger partial charge in [0.15, 0.2) is 0 Å². The molecule has 0 bridgehead atoms. The predicted molar refractivity (Wildman–Crippen MR) is 121 cm³/mol. The van der Waals surface area contributed by atoms with Crippen LogP contribution in [0, 0.1) is 0 Å². The van der Waals surface area contributed by atoms with Crippen LogP contribution in [-0.4, -0.2) is 26.0 Å². The maximum atomic E-state index is 4.47. The van der Waals surface area contributed by atoms with E-state index < -0.39 is 0 Å². The van der Waals surface area contributed by atoms with Gasteiger partial charge in [-0.2, -0.15) is 9.78 Å². The fourth-order valence-corrected chi connectivity index (χ4v) is 2.96. The van der Waals surface area contributed by atoms with E-state index in [1.807, 2.05) is 72.8 Å². The van der Waals surface area contributed by atoms with Crippen LogP contribution in [-0.2, 0) is 6.42 Å². The summed E-state index contributed by atoms with van der Waals surface area (Å²) in [4.78, 5) is 0. The highest BCUT2D eigenvalue weighted by Gasteiger charge is 2.08. The molecule has 3 aromatic carbocycles. The van der Waals surface area contributed by atoms with Crippen molar-refractivity contribution in [3.05, 3.63) is 96.1 Å². The third-order valence-electron chi connectivity index (χ3n) is 4.50. The Hall–Kier alpha value is -4.20. The second-order valence-corrected chi connectivity index (χ2v) is 6.79. The first-order valence-corrected chi connectivity index (χ1v) is 10.1. The maximum Gasteiger partial charge on any atom is 0.292 e. The second kappa shape index (κ2) is 10.0. The summed E-state index contributed by atoms with van der Waals surface area (Å²) in [6, 6.07) is 27.4. The van der Waals surface area contributed by atoms with Crippen molar-refractivity contribution in [3.63, 3.8) is 0 Å². The molecule has 0 aliphatic rings. The number of nitrogens with one attached hydrogen (secondary N) is 1. The summed E-state index contributed by atoms with van der Waals surface area (Å²) in [5.74, 6) is 0.680. The molecule has 154 valence electrons. The summed E-state index contributed by atoms with van der Waals surface area (Å²) in [5.41, 5.74) is 6.85. The zero-order valence-electron chi connectivity index (χ0n) is 17.1.